The summed E-state index contributed by atoms with van der Waals surface area (Å²) < 4.78 is 4.73. The second kappa shape index (κ2) is 4.37. The normalized spacial score (nSPS) is 17.3. The molecule has 4 heteroatoms. The highest BCUT2D eigenvalue weighted by atomic mass is 16.6. The van der Waals surface area contributed by atoms with Gasteiger partial charge in [-0.2, -0.15) is 0 Å². The lowest BCUT2D eigenvalue weighted by Gasteiger charge is -2.27. The molecule has 0 saturated heterocycles. The summed E-state index contributed by atoms with van der Waals surface area (Å²) in [6.45, 7) is 5.74. The Kier molecular flexibility index (Phi) is 4.07. The third kappa shape index (κ3) is 3.14. The molecule has 0 aliphatic carbocycles. The van der Waals surface area contributed by atoms with E-state index in [-0.39, 0.29) is 12.2 Å². The molecule has 0 aliphatic rings. The number of carbonyl (C=O) groups excluding carboxylic acids is 2. The van der Waals surface area contributed by atoms with Crippen LogP contribution in [0.5, 0.6) is 0 Å². The fourth-order valence-corrected chi connectivity index (χ4v) is 0.948. The van der Waals surface area contributed by atoms with Crippen molar-refractivity contribution < 1.29 is 19.4 Å². The number of hydrogen-bond donors (Lipinski definition) is 1. The number of Topliss-reactive ketones (excluding diaryl/α,β-unsaturated/α-hetero) is 1. The largest absolute Gasteiger partial charge is 0.459 e. The topological polar surface area (TPSA) is 63.6 Å². The van der Waals surface area contributed by atoms with Crippen LogP contribution in [0.4, 0.5) is 0 Å². The summed E-state index contributed by atoms with van der Waals surface area (Å²) in [5, 5.41) is 9.67. The second-order valence-corrected chi connectivity index (χ2v) is 3.18. The SMILES string of the molecule is CCC(=O)[C@](C)(O)[C@H](C)OC(C)=O. The molecule has 4 nitrogen and oxygen atoms in total. The van der Waals surface area contributed by atoms with Gasteiger partial charge < -0.3 is 9.84 Å². The molecule has 0 spiro atoms. The van der Waals surface area contributed by atoms with E-state index in [1.165, 1.54) is 20.8 Å². The second-order valence-electron chi connectivity index (χ2n) is 3.18. The third-order valence-electron chi connectivity index (χ3n) is 2.02. The van der Waals surface area contributed by atoms with E-state index >= 15 is 0 Å². The number of ether oxygens (including phenoxy) is 1. The molecular formula is C9H16O4. The number of carbonyl (C=O) groups is 2. The van der Waals surface area contributed by atoms with Gasteiger partial charge in [0.25, 0.3) is 0 Å². The van der Waals surface area contributed by atoms with Crippen LogP contribution in [-0.4, -0.2) is 28.6 Å². The standard InChI is InChI=1S/C9H16O4/c1-5-8(11)9(4,12)6(2)13-7(3)10/h6,12H,5H2,1-4H3/t6-,9+/m0/s1. The van der Waals surface area contributed by atoms with Gasteiger partial charge in [-0.25, -0.2) is 0 Å². The summed E-state index contributed by atoms with van der Waals surface area (Å²) >= 11 is 0. The highest BCUT2D eigenvalue weighted by molar-refractivity contribution is 5.87. The molecule has 0 aromatic heterocycles. The van der Waals surface area contributed by atoms with E-state index in [1.54, 1.807) is 6.92 Å². The lowest BCUT2D eigenvalue weighted by Crippen LogP contribution is -2.46. The van der Waals surface area contributed by atoms with E-state index in [0.717, 1.165) is 0 Å². The van der Waals surface area contributed by atoms with Gasteiger partial charge in [0.2, 0.25) is 0 Å². The van der Waals surface area contributed by atoms with E-state index in [0.29, 0.717) is 0 Å². The lowest BCUT2D eigenvalue weighted by molar-refractivity contribution is -0.165. The smallest absolute Gasteiger partial charge is 0.303 e. The molecule has 0 heterocycles. The predicted molar refractivity (Wildman–Crippen MR) is 47.1 cm³/mol. The molecule has 13 heavy (non-hydrogen) atoms. The zero-order valence-electron chi connectivity index (χ0n) is 8.46. The number of aliphatic hydroxyl groups is 1. The van der Waals surface area contributed by atoms with Crippen LogP contribution in [0.15, 0.2) is 0 Å². The van der Waals surface area contributed by atoms with Crippen LogP contribution >= 0.6 is 0 Å². The van der Waals surface area contributed by atoms with Gasteiger partial charge in [0.05, 0.1) is 0 Å². The lowest BCUT2D eigenvalue weighted by atomic mass is 9.93. The van der Waals surface area contributed by atoms with Crippen LogP contribution in [0.1, 0.15) is 34.1 Å². The van der Waals surface area contributed by atoms with E-state index < -0.39 is 17.7 Å². The number of rotatable bonds is 4. The van der Waals surface area contributed by atoms with Gasteiger partial charge in [-0.1, -0.05) is 6.92 Å². The molecular weight excluding hydrogens is 172 g/mol. The van der Waals surface area contributed by atoms with Gasteiger partial charge in [0, 0.05) is 13.3 Å². The summed E-state index contributed by atoms with van der Waals surface area (Å²) in [4.78, 5) is 21.8. The Hall–Kier alpha value is -0.900. The number of hydrogen-bond acceptors (Lipinski definition) is 4. The van der Waals surface area contributed by atoms with E-state index in [9.17, 15) is 14.7 Å². The van der Waals surface area contributed by atoms with Gasteiger partial charge in [-0.05, 0) is 13.8 Å². The van der Waals surface area contributed by atoms with Crippen LogP contribution in [0.3, 0.4) is 0 Å². The van der Waals surface area contributed by atoms with Crippen molar-refractivity contribution in [3.8, 4) is 0 Å². The zero-order chi connectivity index (χ0) is 10.6. The van der Waals surface area contributed by atoms with Crippen molar-refractivity contribution in [2.45, 2.75) is 45.8 Å². The summed E-state index contributed by atoms with van der Waals surface area (Å²) in [5.74, 6) is -0.835. The van der Waals surface area contributed by atoms with Gasteiger partial charge in [0.15, 0.2) is 11.4 Å². The quantitative estimate of drug-likeness (QED) is 0.658. The molecule has 0 aromatic rings. The molecule has 1 N–H and O–H groups in total. The molecule has 2 atom stereocenters. The molecule has 0 unspecified atom stereocenters. The Morgan fingerprint density at radius 3 is 2.31 bits per heavy atom. The van der Waals surface area contributed by atoms with Gasteiger partial charge in [-0.3, -0.25) is 9.59 Å². The van der Waals surface area contributed by atoms with Crippen molar-refractivity contribution in [3.63, 3.8) is 0 Å². The van der Waals surface area contributed by atoms with Crippen molar-refractivity contribution in [3.05, 3.63) is 0 Å². The first kappa shape index (κ1) is 12.1. The Bertz CT molecular complexity index is 208. The first-order valence-electron chi connectivity index (χ1n) is 4.25. The number of esters is 1. The molecule has 76 valence electrons. The fraction of sp³-hybridized carbons (Fsp3) is 0.778. The predicted octanol–water partition coefficient (Wildman–Crippen LogP) is 0.668. The van der Waals surface area contributed by atoms with Gasteiger partial charge in [-0.15, -0.1) is 0 Å². The minimum Gasteiger partial charge on any atom is -0.459 e. The van der Waals surface area contributed by atoms with E-state index in [4.69, 9.17) is 4.74 Å². The van der Waals surface area contributed by atoms with Crippen LogP contribution < -0.4 is 0 Å². The van der Waals surface area contributed by atoms with Gasteiger partial charge >= 0.3 is 5.97 Å². The highest BCUT2D eigenvalue weighted by Crippen LogP contribution is 2.16. The molecule has 0 amide bonds. The Labute approximate surface area is 77.9 Å². The molecule has 0 bridgehead atoms. The first-order chi connectivity index (χ1) is 5.82. The van der Waals surface area contributed by atoms with E-state index in [1.807, 2.05) is 0 Å². The maximum atomic E-state index is 11.2. The van der Waals surface area contributed by atoms with Gasteiger partial charge in [0.1, 0.15) is 6.10 Å². The average molecular weight is 188 g/mol. The average Bonchev–Trinajstić information content (AvgIpc) is 2.01. The fourth-order valence-electron chi connectivity index (χ4n) is 0.948. The minimum atomic E-state index is -1.58. The van der Waals surface area contributed by atoms with E-state index in [2.05, 4.69) is 0 Å². The van der Waals surface area contributed by atoms with Crippen LogP contribution in [-0.2, 0) is 14.3 Å². The summed E-state index contributed by atoms with van der Waals surface area (Å²) in [7, 11) is 0. The van der Waals surface area contributed by atoms with Crippen molar-refractivity contribution in [2.75, 3.05) is 0 Å². The Morgan fingerprint density at radius 1 is 1.54 bits per heavy atom. The van der Waals surface area contributed by atoms with Crippen LogP contribution in [0.25, 0.3) is 0 Å². The Morgan fingerprint density at radius 2 is 2.00 bits per heavy atom. The monoisotopic (exact) mass is 188 g/mol. The molecule has 0 radical (unpaired) electrons. The maximum Gasteiger partial charge on any atom is 0.303 e. The minimum absolute atomic E-state index is 0.221. The molecule has 0 fully saturated rings. The van der Waals surface area contributed by atoms with Crippen molar-refractivity contribution in [1.29, 1.82) is 0 Å². The molecule has 0 aliphatic heterocycles. The van der Waals surface area contributed by atoms with Crippen LogP contribution in [0.2, 0.25) is 0 Å². The Balaban J connectivity index is 4.43. The highest BCUT2D eigenvalue weighted by Gasteiger charge is 2.37. The zero-order valence-corrected chi connectivity index (χ0v) is 8.46. The number of ketones is 1. The summed E-state index contributed by atoms with van der Waals surface area (Å²) in [5.41, 5.74) is -1.58. The van der Waals surface area contributed by atoms with Crippen molar-refractivity contribution in [2.24, 2.45) is 0 Å². The first-order valence-corrected chi connectivity index (χ1v) is 4.25. The molecule has 0 aromatic carbocycles. The van der Waals surface area contributed by atoms with Crippen molar-refractivity contribution >= 4 is 11.8 Å². The maximum absolute atomic E-state index is 11.2. The van der Waals surface area contributed by atoms with Crippen molar-refractivity contribution in [1.82, 2.24) is 0 Å². The summed E-state index contributed by atoms with van der Waals surface area (Å²) in [6.07, 6.45) is -0.587. The molecule has 0 rings (SSSR count). The van der Waals surface area contributed by atoms with Crippen LogP contribution in [0, 0.1) is 0 Å². The third-order valence-corrected chi connectivity index (χ3v) is 2.02. The summed E-state index contributed by atoms with van der Waals surface area (Å²) in [6, 6.07) is 0. The molecule has 0 saturated carbocycles.